The molecule has 0 unspecified atom stereocenters. The molecular formula is C23H21ClO3. The average molecular weight is 381 g/mol. The third-order valence-electron chi connectivity index (χ3n) is 5.17. The van der Waals surface area contributed by atoms with Crippen LogP contribution in [0.3, 0.4) is 0 Å². The molecule has 0 fully saturated rings. The number of rotatable bonds is 5. The van der Waals surface area contributed by atoms with Gasteiger partial charge in [0.25, 0.3) is 0 Å². The lowest BCUT2D eigenvalue weighted by atomic mass is 9.98. The largest absolute Gasteiger partial charge is 0.464 e. The van der Waals surface area contributed by atoms with Crippen LogP contribution in [0.5, 0.6) is 0 Å². The van der Waals surface area contributed by atoms with Gasteiger partial charge in [-0.15, -0.1) is 0 Å². The highest BCUT2D eigenvalue weighted by molar-refractivity contribution is 6.30. The first-order chi connectivity index (χ1) is 13.1. The number of hydrogen-bond donors (Lipinski definition) is 0. The molecule has 0 saturated carbocycles. The molecule has 0 atom stereocenters. The number of hydrogen-bond acceptors (Lipinski definition) is 3. The van der Waals surface area contributed by atoms with Crippen LogP contribution in [0, 0.1) is 6.92 Å². The third-order valence-corrected chi connectivity index (χ3v) is 5.42. The molecule has 4 heteroatoms. The summed E-state index contributed by atoms with van der Waals surface area (Å²) in [4.78, 5) is 12.4. The highest BCUT2D eigenvalue weighted by Crippen LogP contribution is 2.35. The molecule has 0 amide bonds. The molecule has 0 aliphatic heterocycles. The number of aryl methyl sites for hydroxylation is 1. The maximum atomic E-state index is 12.4. The number of benzene rings is 2. The van der Waals surface area contributed by atoms with E-state index in [1.807, 2.05) is 37.3 Å². The fourth-order valence-corrected chi connectivity index (χ4v) is 3.73. The van der Waals surface area contributed by atoms with Gasteiger partial charge in [-0.3, -0.25) is 0 Å². The minimum absolute atomic E-state index is 0.236. The van der Waals surface area contributed by atoms with Gasteiger partial charge in [-0.1, -0.05) is 43.5 Å². The van der Waals surface area contributed by atoms with Gasteiger partial charge in [-0.05, 0) is 49.1 Å². The molecule has 0 N–H and O–H groups in total. The molecule has 0 radical (unpaired) electrons. The Morgan fingerprint density at radius 3 is 2.52 bits per heavy atom. The van der Waals surface area contributed by atoms with Crippen molar-refractivity contribution in [2.45, 2.75) is 39.5 Å². The van der Waals surface area contributed by atoms with Gasteiger partial charge in [0.15, 0.2) is 0 Å². The van der Waals surface area contributed by atoms with E-state index in [1.165, 1.54) is 0 Å². The zero-order valence-corrected chi connectivity index (χ0v) is 16.2. The summed E-state index contributed by atoms with van der Waals surface area (Å²) < 4.78 is 11.3. The standard InChI is InChI=1S/C23H21ClO3/c1-3-4-5-6-17-14(2)18-11-19-20(15-7-9-16(24)10-8-15)13-26-21(19)12-22(18)27-23(17)25/h7-13H,3-6H2,1-2H3. The van der Waals surface area contributed by atoms with Crippen LogP contribution in [-0.2, 0) is 6.42 Å². The Labute approximate surface area is 162 Å². The number of unbranched alkanes of at least 4 members (excludes halogenated alkanes) is 2. The second-order valence-corrected chi connectivity index (χ2v) is 7.39. The molecule has 3 nitrogen and oxygen atoms in total. The molecule has 4 rings (SSSR count). The van der Waals surface area contributed by atoms with E-state index in [9.17, 15) is 4.79 Å². The summed E-state index contributed by atoms with van der Waals surface area (Å²) in [7, 11) is 0. The van der Waals surface area contributed by atoms with Crippen molar-refractivity contribution in [2.24, 2.45) is 0 Å². The highest BCUT2D eigenvalue weighted by Gasteiger charge is 2.15. The van der Waals surface area contributed by atoms with Gasteiger partial charge in [0.1, 0.15) is 11.2 Å². The molecule has 0 aliphatic carbocycles. The first-order valence-corrected chi connectivity index (χ1v) is 9.69. The SMILES string of the molecule is CCCCCc1c(C)c2cc3c(-c4ccc(Cl)cc4)coc3cc2oc1=O. The summed E-state index contributed by atoms with van der Waals surface area (Å²) in [5.41, 5.74) is 4.86. The fourth-order valence-electron chi connectivity index (χ4n) is 3.60. The molecule has 0 bridgehead atoms. The molecular weight excluding hydrogens is 360 g/mol. The van der Waals surface area contributed by atoms with Gasteiger partial charge in [0, 0.05) is 33.0 Å². The van der Waals surface area contributed by atoms with E-state index < -0.39 is 0 Å². The zero-order valence-electron chi connectivity index (χ0n) is 15.5. The van der Waals surface area contributed by atoms with Gasteiger partial charge >= 0.3 is 5.63 Å². The van der Waals surface area contributed by atoms with E-state index >= 15 is 0 Å². The van der Waals surface area contributed by atoms with Crippen LogP contribution in [0.2, 0.25) is 5.02 Å². The molecule has 2 aromatic carbocycles. The van der Waals surface area contributed by atoms with Gasteiger partial charge in [0.2, 0.25) is 0 Å². The molecule has 0 aliphatic rings. The minimum Gasteiger partial charge on any atom is -0.464 e. The maximum absolute atomic E-state index is 12.4. The van der Waals surface area contributed by atoms with Crippen LogP contribution in [0.25, 0.3) is 33.1 Å². The monoisotopic (exact) mass is 380 g/mol. The van der Waals surface area contributed by atoms with Crippen molar-refractivity contribution < 1.29 is 8.83 Å². The second-order valence-electron chi connectivity index (χ2n) is 6.95. The van der Waals surface area contributed by atoms with E-state index in [-0.39, 0.29) is 5.63 Å². The third kappa shape index (κ3) is 3.28. The van der Waals surface area contributed by atoms with Crippen LogP contribution in [-0.4, -0.2) is 0 Å². The van der Waals surface area contributed by atoms with Crippen molar-refractivity contribution in [2.75, 3.05) is 0 Å². The Bertz CT molecular complexity index is 1170. The lowest BCUT2D eigenvalue weighted by Crippen LogP contribution is -2.10. The number of halogens is 1. The fraction of sp³-hybridized carbons (Fsp3) is 0.261. The summed E-state index contributed by atoms with van der Waals surface area (Å²) in [5.74, 6) is 0. The summed E-state index contributed by atoms with van der Waals surface area (Å²) in [6.45, 7) is 4.16. The average Bonchev–Trinajstić information content (AvgIpc) is 3.06. The molecule has 4 aromatic rings. The number of furan rings is 1. The van der Waals surface area contributed by atoms with Crippen LogP contribution in [0.15, 0.2) is 56.3 Å². The Hall–Kier alpha value is -2.52. The van der Waals surface area contributed by atoms with Gasteiger partial charge in [-0.2, -0.15) is 0 Å². The van der Waals surface area contributed by atoms with Crippen LogP contribution in [0.1, 0.15) is 37.3 Å². The summed E-state index contributed by atoms with van der Waals surface area (Å²) in [6, 6.07) is 11.6. The molecule has 27 heavy (non-hydrogen) atoms. The van der Waals surface area contributed by atoms with Crippen molar-refractivity contribution in [1.82, 2.24) is 0 Å². The van der Waals surface area contributed by atoms with Gasteiger partial charge < -0.3 is 8.83 Å². The zero-order chi connectivity index (χ0) is 19.0. The lowest BCUT2D eigenvalue weighted by molar-refractivity contribution is 0.543. The van der Waals surface area contributed by atoms with E-state index in [0.717, 1.165) is 58.7 Å². The topological polar surface area (TPSA) is 43.4 Å². The Morgan fingerprint density at radius 1 is 1.00 bits per heavy atom. The highest BCUT2D eigenvalue weighted by atomic mass is 35.5. The lowest BCUT2D eigenvalue weighted by Gasteiger charge is -2.08. The summed E-state index contributed by atoms with van der Waals surface area (Å²) in [5, 5.41) is 2.66. The number of fused-ring (bicyclic) bond motifs is 2. The van der Waals surface area contributed by atoms with Crippen molar-refractivity contribution in [3.8, 4) is 11.1 Å². The van der Waals surface area contributed by atoms with E-state index in [2.05, 4.69) is 13.0 Å². The van der Waals surface area contributed by atoms with Crippen LogP contribution in [0.4, 0.5) is 0 Å². The molecule has 0 spiro atoms. The van der Waals surface area contributed by atoms with Gasteiger partial charge in [-0.25, -0.2) is 4.79 Å². The quantitative estimate of drug-likeness (QED) is 0.279. The Balaban J connectivity index is 1.88. The normalized spacial score (nSPS) is 11.5. The first-order valence-electron chi connectivity index (χ1n) is 9.32. The smallest absolute Gasteiger partial charge is 0.339 e. The first kappa shape index (κ1) is 17.9. The summed E-state index contributed by atoms with van der Waals surface area (Å²) >= 11 is 6.01. The molecule has 138 valence electrons. The van der Waals surface area contributed by atoms with Crippen molar-refractivity contribution in [3.63, 3.8) is 0 Å². The predicted molar refractivity (Wildman–Crippen MR) is 111 cm³/mol. The van der Waals surface area contributed by atoms with Crippen molar-refractivity contribution >= 4 is 33.5 Å². The van der Waals surface area contributed by atoms with Gasteiger partial charge in [0.05, 0.1) is 6.26 Å². The van der Waals surface area contributed by atoms with E-state index in [4.69, 9.17) is 20.4 Å². The molecule has 2 heterocycles. The second kappa shape index (κ2) is 7.24. The van der Waals surface area contributed by atoms with Crippen LogP contribution < -0.4 is 5.63 Å². The van der Waals surface area contributed by atoms with E-state index in [0.29, 0.717) is 16.2 Å². The van der Waals surface area contributed by atoms with E-state index in [1.54, 1.807) is 6.26 Å². The minimum atomic E-state index is -0.236. The summed E-state index contributed by atoms with van der Waals surface area (Å²) in [6.07, 6.45) is 5.72. The van der Waals surface area contributed by atoms with Crippen molar-refractivity contribution in [3.05, 3.63) is 69.2 Å². The Kier molecular flexibility index (Phi) is 4.79. The Morgan fingerprint density at radius 2 is 1.78 bits per heavy atom. The van der Waals surface area contributed by atoms with Crippen molar-refractivity contribution in [1.29, 1.82) is 0 Å². The molecule has 0 saturated heterocycles. The predicted octanol–water partition coefficient (Wildman–Crippen LogP) is 6.90. The maximum Gasteiger partial charge on any atom is 0.339 e. The van der Waals surface area contributed by atoms with Crippen LogP contribution >= 0.6 is 11.6 Å². The molecule has 2 aromatic heterocycles.